The van der Waals surface area contributed by atoms with Gasteiger partial charge in [-0.25, -0.2) is 0 Å². The van der Waals surface area contributed by atoms with Crippen molar-refractivity contribution in [1.82, 2.24) is 0 Å². The standard InChI is InChI=1S/C27H30O2.Sn.2H/c1-3-4-8-21-26(28)29-22(2)27(23-15-9-5-10-16-23,24-17-11-6-12-18-24)25-19-13-7-14-20-25;;;/h5-7,9-20,22H,3-4,8,21H2,1-2H3;;;. The van der Waals surface area contributed by atoms with Crippen molar-refractivity contribution in [3.05, 3.63) is 108 Å². The first-order valence-electron chi connectivity index (χ1n) is 10.6. The minimum absolute atomic E-state index is 0. The molecule has 3 aromatic carbocycles. The van der Waals surface area contributed by atoms with Crippen molar-refractivity contribution >= 4 is 29.9 Å². The molecule has 0 N–H and O–H groups in total. The van der Waals surface area contributed by atoms with Crippen LogP contribution in [0.2, 0.25) is 0 Å². The van der Waals surface area contributed by atoms with E-state index >= 15 is 0 Å². The Morgan fingerprint density at radius 2 is 1.17 bits per heavy atom. The van der Waals surface area contributed by atoms with Crippen molar-refractivity contribution in [2.24, 2.45) is 0 Å². The second kappa shape index (κ2) is 11.9. The third kappa shape index (κ3) is 5.34. The summed E-state index contributed by atoms with van der Waals surface area (Å²) in [6, 6.07) is 31.1. The maximum absolute atomic E-state index is 12.6. The molecule has 0 aliphatic heterocycles. The van der Waals surface area contributed by atoms with E-state index in [1.807, 2.05) is 61.5 Å². The summed E-state index contributed by atoms with van der Waals surface area (Å²) in [5.74, 6) is -0.127. The van der Waals surface area contributed by atoms with Gasteiger partial charge in [-0.05, 0) is 30.0 Å². The zero-order valence-electron chi connectivity index (χ0n) is 18.1. The molecule has 2 radical (unpaired) electrons. The number of ether oxygens (including phenoxy) is 1. The average Bonchev–Trinajstić information content (AvgIpc) is 2.77. The second-order valence-electron chi connectivity index (χ2n) is 7.50. The molecule has 0 spiro atoms. The Kier molecular flexibility index (Phi) is 9.64. The molecule has 0 aliphatic rings. The maximum atomic E-state index is 12.6. The zero-order valence-corrected chi connectivity index (χ0v) is 22.1. The van der Waals surface area contributed by atoms with Crippen molar-refractivity contribution in [1.29, 1.82) is 0 Å². The first-order chi connectivity index (χ1) is 14.2. The molecule has 1 unspecified atom stereocenters. The van der Waals surface area contributed by atoms with Crippen LogP contribution in [0.4, 0.5) is 0 Å². The molecular weight excluding hydrogens is 475 g/mol. The van der Waals surface area contributed by atoms with Gasteiger partial charge in [0.2, 0.25) is 0 Å². The van der Waals surface area contributed by atoms with E-state index < -0.39 is 5.41 Å². The fourth-order valence-corrected chi connectivity index (χ4v) is 4.17. The number of esters is 1. The topological polar surface area (TPSA) is 26.3 Å². The van der Waals surface area contributed by atoms with Crippen molar-refractivity contribution in [2.45, 2.75) is 51.0 Å². The summed E-state index contributed by atoms with van der Waals surface area (Å²) in [7, 11) is 0. The first kappa shape index (κ1) is 24.2. The summed E-state index contributed by atoms with van der Waals surface area (Å²) in [6.45, 7) is 4.16. The van der Waals surface area contributed by atoms with E-state index in [0.29, 0.717) is 6.42 Å². The predicted molar refractivity (Wildman–Crippen MR) is 127 cm³/mol. The molecule has 0 saturated carbocycles. The van der Waals surface area contributed by atoms with Gasteiger partial charge in [-0.2, -0.15) is 0 Å². The number of hydrogen-bond donors (Lipinski definition) is 0. The van der Waals surface area contributed by atoms with Crippen LogP contribution in [0.1, 0.15) is 56.2 Å². The second-order valence-corrected chi connectivity index (χ2v) is 7.50. The third-order valence-corrected chi connectivity index (χ3v) is 5.59. The predicted octanol–water partition coefficient (Wildman–Crippen LogP) is 5.62. The summed E-state index contributed by atoms with van der Waals surface area (Å²) in [5, 5.41) is 0. The Labute approximate surface area is 197 Å². The molecule has 2 nitrogen and oxygen atoms in total. The minimum atomic E-state index is -0.579. The van der Waals surface area contributed by atoms with Crippen LogP contribution in [-0.2, 0) is 14.9 Å². The fraction of sp³-hybridized carbons (Fsp3) is 0.296. The molecule has 1 atom stereocenters. The number of benzene rings is 3. The molecular formula is C27H32O2Sn. The first-order valence-corrected chi connectivity index (χ1v) is 10.6. The molecule has 3 aromatic rings. The molecule has 0 amide bonds. The van der Waals surface area contributed by atoms with Crippen LogP contribution in [0.25, 0.3) is 0 Å². The van der Waals surface area contributed by atoms with Gasteiger partial charge in [0, 0.05) is 6.42 Å². The number of carbonyl (C=O) groups is 1. The van der Waals surface area contributed by atoms with E-state index in [0.717, 1.165) is 36.0 Å². The summed E-state index contributed by atoms with van der Waals surface area (Å²) in [5.41, 5.74) is 2.77. The van der Waals surface area contributed by atoms with Gasteiger partial charge in [-0.1, -0.05) is 111 Å². The van der Waals surface area contributed by atoms with Crippen LogP contribution in [0.3, 0.4) is 0 Å². The molecule has 0 heterocycles. The van der Waals surface area contributed by atoms with Gasteiger partial charge in [0.05, 0.1) is 5.41 Å². The van der Waals surface area contributed by atoms with Crippen LogP contribution < -0.4 is 0 Å². The van der Waals surface area contributed by atoms with Crippen LogP contribution in [0, 0.1) is 0 Å². The van der Waals surface area contributed by atoms with Crippen molar-refractivity contribution in [3.63, 3.8) is 0 Å². The van der Waals surface area contributed by atoms with Gasteiger partial charge in [0.25, 0.3) is 0 Å². The Bertz CT molecular complexity index is 782. The van der Waals surface area contributed by atoms with Gasteiger partial charge >= 0.3 is 29.9 Å². The van der Waals surface area contributed by atoms with E-state index in [2.05, 4.69) is 43.3 Å². The van der Waals surface area contributed by atoms with Crippen LogP contribution in [0.15, 0.2) is 91.0 Å². The molecule has 0 saturated heterocycles. The molecule has 3 rings (SSSR count). The summed E-state index contributed by atoms with van der Waals surface area (Å²) >= 11 is 0. The summed E-state index contributed by atoms with van der Waals surface area (Å²) in [4.78, 5) is 12.6. The van der Waals surface area contributed by atoms with Crippen molar-refractivity contribution < 1.29 is 9.53 Å². The molecule has 3 heteroatoms. The Morgan fingerprint density at radius 1 is 0.767 bits per heavy atom. The summed E-state index contributed by atoms with van der Waals surface area (Å²) < 4.78 is 6.09. The normalized spacial score (nSPS) is 11.9. The third-order valence-electron chi connectivity index (χ3n) is 5.59. The quantitative estimate of drug-likeness (QED) is 0.163. The van der Waals surface area contributed by atoms with Crippen LogP contribution in [0.5, 0.6) is 0 Å². The number of hydrogen-bond acceptors (Lipinski definition) is 2. The van der Waals surface area contributed by atoms with Crippen molar-refractivity contribution in [2.75, 3.05) is 0 Å². The zero-order chi connectivity index (χ0) is 20.5. The van der Waals surface area contributed by atoms with E-state index in [-0.39, 0.29) is 36.0 Å². The fourth-order valence-electron chi connectivity index (χ4n) is 4.17. The molecule has 0 fully saturated rings. The van der Waals surface area contributed by atoms with Gasteiger partial charge in [-0.3, -0.25) is 4.79 Å². The molecule has 0 bridgehead atoms. The molecule has 30 heavy (non-hydrogen) atoms. The summed E-state index contributed by atoms with van der Waals surface area (Å²) in [6.07, 6.45) is 3.11. The Balaban J connectivity index is 0.00000320. The van der Waals surface area contributed by atoms with Gasteiger partial charge < -0.3 is 4.74 Å². The van der Waals surface area contributed by atoms with Gasteiger partial charge in [0.1, 0.15) is 6.10 Å². The Morgan fingerprint density at radius 3 is 1.53 bits per heavy atom. The molecule has 0 aliphatic carbocycles. The van der Waals surface area contributed by atoms with Gasteiger partial charge in [0.15, 0.2) is 0 Å². The van der Waals surface area contributed by atoms with E-state index in [1.165, 1.54) is 0 Å². The van der Waals surface area contributed by atoms with E-state index in [1.54, 1.807) is 0 Å². The Hall–Kier alpha value is -2.07. The molecule has 0 aromatic heterocycles. The average molecular weight is 507 g/mol. The SMILES string of the molecule is CCCCCC(=O)OC(C)C(c1ccccc1)(c1ccccc1)c1ccccc1.[SnH2]. The number of unbranched alkanes of at least 4 members (excludes halogenated alkanes) is 2. The molecule has 156 valence electrons. The number of rotatable bonds is 9. The number of carbonyl (C=O) groups excluding carboxylic acids is 1. The van der Waals surface area contributed by atoms with E-state index in [4.69, 9.17) is 4.74 Å². The van der Waals surface area contributed by atoms with Crippen molar-refractivity contribution in [3.8, 4) is 0 Å². The van der Waals surface area contributed by atoms with E-state index in [9.17, 15) is 4.79 Å². The van der Waals surface area contributed by atoms with Crippen LogP contribution in [-0.4, -0.2) is 36.0 Å². The van der Waals surface area contributed by atoms with Gasteiger partial charge in [-0.15, -0.1) is 0 Å². The monoisotopic (exact) mass is 508 g/mol. The van der Waals surface area contributed by atoms with Crippen LogP contribution >= 0.6 is 0 Å².